The van der Waals surface area contributed by atoms with Crippen molar-refractivity contribution in [2.45, 2.75) is 45.2 Å². The molecule has 0 amide bonds. The molecular weight excluding hydrogens is 267 g/mol. The van der Waals surface area contributed by atoms with E-state index < -0.39 is 24.3 Å². The monoisotopic (exact) mass is 286 g/mol. The van der Waals surface area contributed by atoms with E-state index in [9.17, 15) is 4.79 Å². The number of carbonyl (C=O) groups is 1. The fourth-order valence-electron chi connectivity index (χ4n) is 2.26. The van der Waals surface area contributed by atoms with Gasteiger partial charge in [-0.3, -0.25) is 0 Å². The van der Waals surface area contributed by atoms with Gasteiger partial charge in [0.2, 0.25) is 0 Å². The summed E-state index contributed by atoms with van der Waals surface area (Å²) >= 11 is 0. The first-order chi connectivity index (χ1) is 9.64. The molecule has 0 aliphatic carbocycles. The maximum atomic E-state index is 11.1. The van der Waals surface area contributed by atoms with Crippen molar-refractivity contribution in [3.63, 3.8) is 0 Å². The molecule has 21 heavy (non-hydrogen) atoms. The van der Waals surface area contributed by atoms with E-state index in [0.717, 1.165) is 5.56 Å². The fraction of sp³-hybridized carbons (Fsp3) is 0.438. The summed E-state index contributed by atoms with van der Waals surface area (Å²) in [4.78, 5) is 11.1. The van der Waals surface area contributed by atoms with Crippen LogP contribution in [0.2, 0.25) is 0 Å². The Balaban J connectivity index is 2.24. The zero-order chi connectivity index (χ0) is 15.8. The molecule has 0 aromatic heterocycles. The molecule has 1 aromatic carbocycles. The summed E-state index contributed by atoms with van der Waals surface area (Å²) < 4.78 is 11.8. The topological polar surface area (TPSA) is 55.8 Å². The normalized spacial score (nSPS) is 19.3. The van der Waals surface area contributed by atoms with Crippen molar-refractivity contribution in [1.29, 1.82) is 0 Å². The van der Waals surface area contributed by atoms with Crippen LogP contribution >= 0.6 is 0 Å². The number of terminal acetylenes is 1. The van der Waals surface area contributed by atoms with Gasteiger partial charge in [0, 0.05) is 11.9 Å². The second kappa shape index (κ2) is 5.21. The van der Waals surface area contributed by atoms with Crippen LogP contribution in [-0.2, 0) is 15.6 Å². The molecule has 1 aliphatic rings. The molecular formula is C16H19BO4. The van der Waals surface area contributed by atoms with E-state index >= 15 is 0 Å². The zero-order valence-corrected chi connectivity index (χ0v) is 12.8. The van der Waals surface area contributed by atoms with E-state index in [-0.39, 0.29) is 5.56 Å². The van der Waals surface area contributed by atoms with Gasteiger partial charge in [-0.25, -0.2) is 4.79 Å². The minimum atomic E-state index is -0.998. The first kappa shape index (κ1) is 15.6. The molecule has 1 aromatic rings. The summed E-state index contributed by atoms with van der Waals surface area (Å²) in [5.41, 5.74) is 0.702. The number of carboxylic acid groups (broad SMARTS) is 1. The van der Waals surface area contributed by atoms with Crippen LogP contribution in [0.25, 0.3) is 0 Å². The number of hydrogen-bond donors (Lipinski definition) is 1. The number of benzene rings is 1. The van der Waals surface area contributed by atoms with Gasteiger partial charge in [-0.2, -0.15) is 0 Å². The highest BCUT2D eigenvalue weighted by Gasteiger charge is 2.50. The molecule has 0 bridgehead atoms. The Morgan fingerprint density at radius 3 is 2.29 bits per heavy atom. The lowest BCUT2D eigenvalue weighted by atomic mass is 9.80. The zero-order valence-electron chi connectivity index (χ0n) is 12.8. The van der Waals surface area contributed by atoms with Crippen LogP contribution in [0, 0.1) is 12.3 Å². The lowest BCUT2D eigenvalue weighted by molar-refractivity contribution is 0.00578. The Hall–Kier alpha value is -1.77. The van der Waals surface area contributed by atoms with Crippen molar-refractivity contribution >= 4 is 13.1 Å². The minimum absolute atomic E-state index is 0.178. The predicted octanol–water partition coefficient (Wildman–Crippen LogP) is 2.54. The van der Waals surface area contributed by atoms with E-state index in [1.807, 2.05) is 27.7 Å². The highest BCUT2D eigenvalue weighted by Crippen LogP contribution is 2.37. The summed E-state index contributed by atoms with van der Waals surface area (Å²) in [5, 5.41) is 9.13. The minimum Gasteiger partial charge on any atom is -0.478 e. The summed E-state index contributed by atoms with van der Waals surface area (Å²) in [7, 11) is -0.412. The highest BCUT2D eigenvalue weighted by atomic mass is 16.7. The van der Waals surface area contributed by atoms with Crippen molar-refractivity contribution in [3.8, 4) is 12.3 Å². The molecule has 0 spiro atoms. The quantitative estimate of drug-likeness (QED) is 0.685. The van der Waals surface area contributed by atoms with E-state index in [0.29, 0.717) is 11.9 Å². The molecule has 1 heterocycles. The highest BCUT2D eigenvalue weighted by molar-refractivity contribution is 6.45. The number of hydrogen-bond acceptors (Lipinski definition) is 3. The maximum absolute atomic E-state index is 11.1. The molecule has 0 saturated carbocycles. The summed E-state index contributed by atoms with van der Waals surface area (Å²) in [6, 6.07) is 4.88. The van der Waals surface area contributed by atoms with Crippen LogP contribution in [-0.4, -0.2) is 29.4 Å². The average Bonchev–Trinajstić information content (AvgIpc) is 2.56. The Labute approximate surface area is 125 Å². The summed E-state index contributed by atoms with van der Waals surface area (Å²) in [5.74, 6) is 1.48. The molecule has 0 atom stereocenters. The first-order valence-electron chi connectivity index (χ1n) is 6.84. The van der Waals surface area contributed by atoms with Gasteiger partial charge in [0.25, 0.3) is 0 Å². The lowest BCUT2D eigenvalue weighted by Gasteiger charge is -2.32. The third kappa shape index (κ3) is 3.12. The number of rotatable bonds is 3. The molecule has 5 heteroatoms. The Kier molecular flexibility index (Phi) is 3.88. The fourth-order valence-corrected chi connectivity index (χ4v) is 2.26. The van der Waals surface area contributed by atoms with Gasteiger partial charge in [0.1, 0.15) is 0 Å². The largest absolute Gasteiger partial charge is 0.478 e. The van der Waals surface area contributed by atoms with E-state index in [1.54, 1.807) is 12.1 Å². The van der Waals surface area contributed by atoms with Crippen LogP contribution in [0.3, 0.4) is 0 Å². The number of aromatic carboxylic acids is 1. The molecule has 1 N–H and O–H groups in total. The molecule has 0 radical (unpaired) electrons. The van der Waals surface area contributed by atoms with Crippen LogP contribution in [0.5, 0.6) is 0 Å². The van der Waals surface area contributed by atoms with Gasteiger partial charge < -0.3 is 14.4 Å². The predicted molar refractivity (Wildman–Crippen MR) is 81.1 cm³/mol. The third-order valence-corrected chi connectivity index (χ3v) is 4.11. The SMILES string of the molecule is C#Cc1cc(CB2OC(C)(C)C(C)(C)O2)cc(C(=O)O)c1. The summed E-state index contributed by atoms with van der Waals surface area (Å²) in [6.07, 6.45) is 5.84. The smallest absolute Gasteiger partial charge is 0.462 e. The second-order valence-corrected chi connectivity index (χ2v) is 6.26. The van der Waals surface area contributed by atoms with Crippen molar-refractivity contribution < 1.29 is 19.2 Å². The lowest BCUT2D eigenvalue weighted by Crippen LogP contribution is -2.41. The van der Waals surface area contributed by atoms with Crippen LogP contribution in [0.15, 0.2) is 18.2 Å². The van der Waals surface area contributed by atoms with Crippen molar-refractivity contribution in [2.75, 3.05) is 0 Å². The Morgan fingerprint density at radius 2 is 1.81 bits per heavy atom. The number of carboxylic acids is 1. The maximum Gasteiger partial charge on any atom is 0.462 e. The molecule has 0 unspecified atom stereocenters. The molecule has 1 saturated heterocycles. The second-order valence-electron chi connectivity index (χ2n) is 6.26. The van der Waals surface area contributed by atoms with Gasteiger partial charge in [-0.15, -0.1) is 6.42 Å². The van der Waals surface area contributed by atoms with E-state index in [4.69, 9.17) is 20.8 Å². The van der Waals surface area contributed by atoms with E-state index in [1.165, 1.54) is 6.07 Å². The Bertz CT molecular complexity index is 597. The molecule has 4 nitrogen and oxygen atoms in total. The summed E-state index contributed by atoms with van der Waals surface area (Å²) in [6.45, 7) is 7.92. The van der Waals surface area contributed by atoms with Gasteiger partial charge in [-0.1, -0.05) is 5.92 Å². The van der Waals surface area contributed by atoms with Gasteiger partial charge in [0.15, 0.2) is 0 Å². The average molecular weight is 286 g/mol. The third-order valence-electron chi connectivity index (χ3n) is 4.11. The van der Waals surface area contributed by atoms with Crippen LogP contribution in [0.1, 0.15) is 49.2 Å². The van der Waals surface area contributed by atoms with Crippen LogP contribution in [0.4, 0.5) is 0 Å². The standard InChI is InChI=1S/C16H19BO4/c1-6-11-7-12(9-13(8-11)14(18)19)10-17-20-15(2,3)16(4,5)21-17/h1,7-9H,10H2,2-5H3,(H,18,19). The molecule has 110 valence electrons. The Morgan fingerprint density at radius 1 is 1.24 bits per heavy atom. The van der Waals surface area contributed by atoms with Gasteiger partial charge >= 0.3 is 13.1 Å². The molecule has 2 rings (SSSR count). The van der Waals surface area contributed by atoms with Gasteiger partial charge in [-0.05, 0) is 51.5 Å². The molecule has 1 aliphatic heterocycles. The van der Waals surface area contributed by atoms with Crippen molar-refractivity contribution in [1.82, 2.24) is 0 Å². The van der Waals surface area contributed by atoms with Crippen molar-refractivity contribution in [2.24, 2.45) is 0 Å². The van der Waals surface area contributed by atoms with Gasteiger partial charge in [0.05, 0.1) is 16.8 Å². The first-order valence-corrected chi connectivity index (χ1v) is 6.84. The van der Waals surface area contributed by atoms with E-state index in [2.05, 4.69) is 5.92 Å². The van der Waals surface area contributed by atoms with Crippen LogP contribution < -0.4 is 0 Å². The van der Waals surface area contributed by atoms with Crippen molar-refractivity contribution in [3.05, 3.63) is 34.9 Å². The molecule has 1 fully saturated rings.